The van der Waals surface area contributed by atoms with Crippen LogP contribution in [0.5, 0.6) is 0 Å². The van der Waals surface area contributed by atoms with Crippen molar-refractivity contribution in [3.05, 3.63) is 0 Å². The molecular weight excluding hydrogens is 304 g/mol. The van der Waals surface area contributed by atoms with Crippen molar-refractivity contribution in [1.82, 2.24) is 0 Å². The summed E-state index contributed by atoms with van der Waals surface area (Å²) in [7, 11) is 0. The summed E-state index contributed by atoms with van der Waals surface area (Å²) in [4.78, 5) is 0. The van der Waals surface area contributed by atoms with E-state index < -0.39 is 0 Å². The predicted octanol–water partition coefficient (Wildman–Crippen LogP) is 3.99. The second-order valence-electron chi connectivity index (χ2n) is 8.21. The molecule has 0 amide bonds. The van der Waals surface area contributed by atoms with Crippen LogP contribution in [0.15, 0.2) is 0 Å². The predicted molar refractivity (Wildman–Crippen MR) is 97.8 cm³/mol. The first-order valence-corrected chi connectivity index (χ1v) is 9.94. The summed E-state index contributed by atoms with van der Waals surface area (Å²) in [5.74, 6) is 2.06. The van der Waals surface area contributed by atoms with Crippen LogP contribution in [-0.2, 0) is 9.47 Å². The van der Waals surface area contributed by atoms with Gasteiger partial charge < -0.3 is 19.7 Å². The zero-order valence-corrected chi connectivity index (χ0v) is 16.2. The van der Waals surface area contributed by atoms with Gasteiger partial charge in [-0.3, -0.25) is 0 Å². The Hall–Kier alpha value is -0.160. The molecule has 24 heavy (non-hydrogen) atoms. The highest BCUT2D eigenvalue weighted by atomic mass is 16.7. The lowest BCUT2D eigenvalue weighted by molar-refractivity contribution is -0.168. The Balaban J connectivity index is 2.17. The third kappa shape index (κ3) is 9.36. The minimum absolute atomic E-state index is 0.0179. The third-order valence-electron chi connectivity index (χ3n) is 5.17. The van der Waals surface area contributed by atoms with Gasteiger partial charge in [-0.1, -0.05) is 27.7 Å². The highest BCUT2D eigenvalue weighted by Crippen LogP contribution is 2.26. The smallest absolute Gasteiger partial charge is 0.157 e. The molecule has 1 saturated heterocycles. The molecule has 1 unspecified atom stereocenters. The van der Waals surface area contributed by atoms with E-state index in [0.717, 1.165) is 32.5 Å². The van der Waals surface area contributed by atoms with E-state index in [9.17, 15) is 5.11 Å². The van der Waals surface area contributed by atoms with Gasteiger partial charge in [0.2, 0.25) is 0 Å². The van der Waals surface area contributed by atoms with E-state index in [0.29, 0.717) is 24.2 Å². The Morgan fingerprint density at radius 1 is 1.00 bits per heavy atom. The van der Waals surface area contributed by atoms with E-state index in [1.54, 1.807) is 0 Å². The summed E-state index contributed by atoms with van der Waals surface area (Å²) >= 11 is 0. The van der Waals surface area contributed by atoms with Crippen molar-refractivity contribution >= 4 is 0 Å². The molecule has 6 atom stereocenters. The lowest BCUT2D eigenvalue weighted by Gasteiger charge is -2.27. The van der Waals surface area contributed by atoms with Crippen LogP contribution in [0, 0.1) is 23.7 Å². The monoisotopic (exact) mass is 344 g/mol. The van der Waals surface area contributed by atoms with Gasteiger partial charge in [-0.05, 0) is 68.6 Å². The molecule has 0 aromatic heterocycles. The van der Waals surface area contributed by atoms with E-state index in [1.807, 2.05) is 0 Å². The summed E-state index contributed by atoms with van der Waals surface area (Å²) in [5.41, 5.74) is 0. The zero-order valence-electron chi connectivity index (χ0n) is 16.2. The lowest BCUT2D eigenvalue weighted by Crippen LogP contribution is -2.25. The van der Waals surface area contributed by atoms with Crippen LogP contribution in [0.1, 0.15) is 72.6 Å². The van der Waals surface area contributed by atoms with Crippen LogP contribution in [0.25, 0.3) is 0 Å². The molecule has 1 fully saturated rings. The fourth-order valence-electron chi connectivity index (χ4n) is 3.96. The fourth-order valence-corrected chi connectivity index (χ4v) is 3.96. The standard InChI is InChI=1S/C20H40O4/c1-15(11-16(2)13-18(4)19(22)8-9-21)12-17(3)14-24-20-7-5-6-10-23-20/h15-22H,5-14H2,1-4H3/t15-,16+,17+,18+,19+,20?/m1/s1. The maximum absolute atomic E-state index is 9.95. The summed E-state index contributed by atoms with van der Waals surface area (Å²) in [6.45, 7) is 10.6. The molecule has 0 bridgehead atoms. The highest BCUT2D eigenvalue weighted by molar-refractivity contribution is 4.70. The molecule has 0 aliphatic carbocycles. The van der Waals surface area contributed by atoms with Crippen molar-refractivity contribution in [1.29, 1.82) is 0 Å². The Kier molecular flexibility index (Phi) is 11.2. The maximum Gasteiger partial charge on any atom is 0.157 e. The van der Waals surface area contributed by atoms with Gasteiger partial charge in [-0.25, -0.2) is 0 Å². The minimum atomic E-state index is -0.379. The summed E-state index contributed by atoms with van der Waals surface area (Å²) < 4.78 is 11.5. The molecule has 2 N–H and O–H groups in total. The number of aliphatic hydroxyl groups is 2. The average Bonchev–Trinajstić information content (AvgIpc) is 2.53. The van der Waals surface area contributed by atoms with Gasteiger partial charge in [0.05, 0.1) is 12.7 Å². The average molecular weight is 345 g/mol. The van der Waals surface area contributed by atoms with Gasteiger partial charge in [0.25, 0.3) is 0 Å². The van der Waals surface area contributed by atoms with Crippen LogP contribution < -0.4 is 0 Å². The molecule has 0 aromatic rings. The van der Waals surface area contributed by atoms with Crippen LogP contribution >= 0.6 is 0 Å². The van der Waals surface area contributed by atoms with Gasteiger partial charge in [0, 0.05) is 13.2 Å². The number of rotatable bonds is 12. The van der Waals surface area contributed by atoms with Crippen molar-refractivity contribution in [2.75, 3.05) is 19.8 Å². The summed E-state index contributed by atoms with van der Waals surface area (Å²) in [6.07, 6.45) is 6.91. The first-order chi connectivity index (χ1) is 11.4. The number of aliphatic hydroxyl groups excluding tert-OH is 2. The second-order valence-corrected chi connectivity index (χ2v) is 8.21. The Morgan fingerprint density at radius 3 is 2.29 bits per heavy atom. The lowest BCUT2D eigenvalue weighted by atomic mass is 9.84. The fraction of sp³-hybridized carbons (Fsp3) is 1.00. The molecule has 4 nitrogen and oxygen atoms in total. The number of hydrogen-bond donors (Lipinski definition) is 2. The van der Waals surface area contributed by atoms with E-state index in [1.165, 1.54) is 19.3 Å². The molecule has 1 aliphatic heterocycles. The first kappa shape index (κ1) is 21.9. The molecule has 4 heteroatoms. The van der Waals surface area contributed by atoms with Crippen molar-refractivity contribution in [2.45, 2.75) is 85.0 Å². The van der Waals surface area contributed by atoms with Gasteiger partial charge in [0.15, 0.2) is 6.29 Å². The molecule has 0 saturated carbocycles. The van der Waals surface area contributed by atoms with Gasteiger partial charge in [-0.15, -0.1) is 0 Å². The maximum atomic E-state index is 9.95. The van der Waals surface area contributed by atoms with Crippen LogP contribution in [0.4, 0.5) is 0 Å². The van der Waals surface area contributed by atoms with Crippen molar-refractivity contribution < 1.29 is 19.7 Å². The molecule has 144 valence electrons. The quantitative estimate of drug-likeness (QED) is 0.562. The first-order valence-electron chi connectivity index (χ1n) is 9.94. The van der Waals surface area contributed by atoms with Gasteiger partial charge >= 0.3 is 0 Å². The molecule has 1 rings (SSSR count). The highest BCUT2D eigenvalue weighted by Gasteiger charge is 2.20. The van der Waals surface area contributed by atoms with E-state index >= 15 is 0 Å². The van der Waals surface area contributed by atoms with Gasteiger partial charge in [-0.2, -0.15) is 0 Å². The molecule has 1 heterocycles. The summed E-state index contributed by atoms with van der Waals surface area (Å²) in [5, 5.41) is 18.9. The molecule has 0 radical (unpaired) electrons. The van der Waals surface area contributed by atoms with E-state index in [4.69, 9.17) is 14.6 Å². The normalized spacial score (nSPS) is 25.0. The molecule has 0 aromatic carbocycles. The van der Waals surface area contributed by atoms with Crippen molar-refractivity contribution in [2.24, 2.45) is 23.7 Å². The van der Waals surface area contributed by atoms with Crippen LogP contribution in [0.2, 0.25) is 0 Å². The van der Waals surface area contributed by atoms with E-state index in [-0.39, 0.29) is 24.9 Å². The number of ether oxygens (including phenoxy) is 2. The SMILES string of the molecule is C[C@@H](C[C@H](C)COC1CCCCO1)C[C@H](C)C[C@H](C)[C@@H](O)CCO. The largest absolute Gasteiger partial charge is 0.396 e. The minimum Gasteiger partial charge on any atom is -0.396 e. The Morgan fingerprint density at radius 2 is 1.67 bits per heavy atom. The molecule has 0 spiro atoms. The topological polar surface area (TPSA) is 58.9 Å². The van der Waals surface area contributed by atoms with Crippen LogP contribution in [0.3, 0.4) is 0 Å². The third-order valence-corrected chi connectivity index (χ3v) is 5.17. The van der Waals surface area contributed by atoms with Crippen molar-refractivity contribution in [3.8, 4) is 0 Å². The molecule has 1 aliphatic rings. The Labute approximate surface area is 148 Å². The summed E-state index contributed by atoms with van der Waals surface area (Å²) in [6, 6.07) is 0. The van der Waals surface area contributed by atoms with Crippen molar-refractivity contribution in [3.63, 3.8) is 0 Å². The van der Waals surface area contributed by atoms with E-state index in [2.05, 4.69) is 27.7 Å². The zero-order chi connectivity index (χ0) is 17.9. The molecular formula is C20H40O4. The van der Waals surface area contributed by atoms with Crippen LogP contribution in [-0.4, -0.2) is 42.4 Å². The Bertz CT molecular complexity index is 304. The van der Waals surface area contributed by atoms with Gasteiger partial charge in [0.1, 0.15) is 0 Å². The second kappa shape index (κ2) is 12.2. The number of hydrogen-bond acceptors (Lipinski definition) is 4.